The first kappa shape index (κ1) is 18.9. The maximum atomic E-state index is 12.7. The second-order valence-corrected chi connectivity index (χ2v) is 9.32. The van der Waals surface area contributed by atoms with Crippen molar-refractivity contribution in [1.82, 2.24) is 20.4 Å². The van der Waals surface area contributed by atoms with Crippen LogP contribution in [0, 0.1) is 11.3 Å². The molecule has 2 atom stereocenters. The quantitative estimate of drug-likeness (QED) is 0.685. The molecule has 0 bridgehead atoms. The summed E-state index contributed by atoms with van der Waals surface area (Å²) in [6.45, 7) is 4.50. The van der Waals surface area contributed by atoms with Gasteiger partial charge in [0, 0.05) is 43.2 Å². The highest BCUT2D eigenvalue weighted by Crippen LogP contribution is 2.43. The van der Waals surface area contributed by atoms with Crippen LogP contribution in [0.25, 0.3) is 0 Å². The van der Waals surface area contributed by atoms with E-state index in [-0.39, 0.29) is 23.6 Å². The summed E-state index contributed by atoms with van der Waals surface area (Å²) in [6.07, 6.45) is 11.4. The Bertz CT molecular complexity index is 786. The summed E-state index contributed by atoms with van der Waals surface area (Å²) in [5, 5.41) is 5.86. The van der Waals surface area contributed by atoms with Crippen molar-refractivity contribution in [2.75, 3.05) is 26.2 Å². The molecule has 0 saturated carbocycles. The fraction of sp³-hybridized carbons (Fsp3) is 0.682. The van der Waals surface area contributed by atoms with E-state index in [1.807, 2.05) is 6.08 Å². The predicted molar refractivity (Wildman–Crippen MR) is 107 cm³/mol. The number of nitrogens with one attached hydrogen (secondary N) is 2. The molecule has 7 nitrogen and oxygen atoms in total. The van der Waals surface area contributed by atoms with Crippen LogP contribution >= 0.6 is 0 Å². The third-order valence-electron chi connectivity index (χ3n) is 7.70. The number of carbonyl (C=O) groups excluding carboxylic acids is 3. The van der Waals surface area contributed by atoms with E-state index < -0.39 is 6.04 Å². The summed E-state index contributed by atoms with van der Waals surface area (Å²) in [5.41, 5.74) is 2.82. The van der Waals surface area contributed by atoms with Gasteiger partial charge in [0.2, 0.25) is 17.7 Å². The summed E-state index contributed by atoms with van der Waals surface area (Å²) in [4.78, 5) is 40.7. The predicted octanol–water partition coefficient (Wildman–Crippen LogP) is 1.28. The summed E-state index contributed by atoms with van der Waals surface area (Å²) in [6, 6.07) is -0.541. The average molecular weight is 399 g/mol. The monoisotopic (exact) mass is 398 g/mol. The van der Waals surface area contributed by atoms with E-state index in [1.165, 1.54) is 31.4 Å². The van der Waals surface area contributed by atoms with Crippen LogP contribution in [0.4, 0.5) is 0 Å². The average Bonchev–Trinajstić information content (AvgIpc) is 3.04. The minimum atomic E-state index is -0.541. The third-order valence-corrected chi connectivity index (χ3v) is 7.70. The molecule has 5 rings (SSSR count). The van der Waals surface area contributed by atoms with Gasteiger partial charge in [-0.25, -0.2) is 0 Å². The van der Waals surface area contributed by atoms with Gasteiger partial charge in [0.05, 0.1) is 0 Å². The molecular formula is C22H30N4O3. The summed E-state index contributed by atoms with van der Waals surface area (Å²) < 4.78 is 0. The van der Waals surface area contributed by atoms with Crippen molar-refractivity contribution in [2.45, 2.75) is 57.4 Å². The Hall–Kier alpha value is -2.15. The standard InChI is InChI=1S/C22H30N4O3/c27-19-4-3-18(21(29)24-19)26-17-2-1-16(13-15(17)14-20(26)28)25-11-7-22(8-12-25)5-9-23-10-6-22/h1-2,15,18,23H,3-14H2,(H,24,27,29). The second kappa shape index (κ2) is 7.27. The molecule has 4 saturated heterocycles. The molecule has 1 aliphatic carbocycles. The molecule has 2 N–H and O–H groups in total. The van der Waals surface area contributed by atoms with Crippen molar-refractivity contribution >= 4 is 17.7 Å². The maximum absolute atomic E-state index is 12.7. The van der Waals surface area contributed by atoms with Gasteiger partial charge in [-0.1, -0.05) is 0 Å². The fourth-order valence-corrected chi connectivity index (χ4v) is 5.89. The lowest BCUT2D eigenvalue weighted by atomic mass is 9.71. The zero-order valence-electron chi connectivity index (χ0n) is 16.9. The van der Waals surface area contributed by atoms with Crippen LogP contribution < -0.4 is 10.6 Å². The van der Waals surface area contributed by atoms with Gasteiger partial charge >= 0.3 is 0 Å². The first-order chi connectivity index (χ1) is 14.0. The van der Waals surface area contributed by atoms with Crippen LogP contribution in [-0.2, 0) is 14.4 Å². The van der Waals surface area contributed by atoms with Gasteiger partial charge in [0.15, 0.2) is 0 Å². The lowest BCUT2D eigenvalue weighted by Crippen LogP contribution is -2.52. The van der Waals surface area contributed by atoms with Gasteiger partial charge in [0.25, 0.3) is 0 Å². The van der Waals surface area contributed by atoms with E-state index in [4.69, 9.17) is 0 Å². The molecule has 0 aromatic carbocycles. The highest BCUT2D eigenvalue weighted by Gasteiger charge is 2.45. The number of amides is 3. The Balaban J connectivity index is 1.28. The molecule has 0 radical (unpaired) electrons. The van der Waals surface area contributed by atoms with Crippen molar-refractivity contribution in [3.63, 3.8) is 0 Å². The molecular weight excluding hydrogens is 368 g/mol. The normalized spacial score (nSPS) is 32.1. The molecule has 29 heavy (non-hydrogen) atoms. The van der Waals surface area contributed by atoms with E-state index in [0.717, 1.165) is 38.3 Å². The molecule has 2 unspecified atom stereocenters. The van der Waals surface area contributed by atoms with E-state index in [9.17, 15) is 14.4 Å². The van der Waals surface area contributed by atoms with Gasteiger partial charge in [-0.2, -0.15) is 0 Å². The number of fused-ring (bicyclic) bond motifs is 1. The minimum absolute atomic E-state index is 0.0118. The van der Waals surface area contributed by atoms with Crippen molar-refractivity contribution in [2.24, 2.45) is 11.3 Å². The summed E-state index contributed by atoms with van der Waals surface area (Å²) >= 11 is 0. The Morgan fingerprint density at radius 2 is 1.72 bits per heavy atom. The molecule has 0 aromatic rings. The molecule has 4 aliphatic heterocycles. The second-order valence-electron chi connectivity index (χ2n) is 9.32. The van der Waals surface area contributed by atoms with E-state index in [0.29, 0.717) is 24.7 Å². The first-order valence-electron chi connectivity index (χ1n) is 11.1. The first-order valence-corrected chi connectivity index (χ1v) is 11.1. The highest BCUT2D eigenvalue weighted by molar-refractivity contribution is 6.02. The Morgan fingerprint density at radius 3 is 2.45 bits per heavy atom. The van der Waals surface area contributed by atoms with E-state index >= 15 is 0 Å². The topological polar surface area (TPSA) is 81.8 Å². The number of nitrogens with zero attached hydrogens (tertiary/aromatic N) is 2. The Kier molecular flexibility index (Phi) is 4.73. The number of likely N-dealkylation sites (tertiary alicyclic amines) is 2. The molecule has 7 heteroatoms. The van der Waals surface area contributed by atoms with Gasteiger partial charge in [-0.05, 0) is 69.2 Å². The number of rotatable bonds is 2. The van der Waals surface area contributed by atoms with Crippen molar-refractivity contribution in [3.05, 3.63) is 23.5 Å². The smallest absolute Gasteiger partial charge is 0.249 e. The van der Waals surface area contributed by atoms with Crippen LogP contribution in [0.1, 0.15) is 51.4 Å². The zero-order valence-corrected chi connectivity index (χ0v) is 16.9. The summed E-state index contributed by atoms with van der Waals surface area (Å²) in [7, 11) is 0. The molecule has 4 fully saturated rings. The van der Waals surface area contributed by atoms with E-state index in [2.05, 4.69) is 21.6 Å². The number of hydrogen-bond donors (Lipinski definition) is 2. The highest BCUT2D eigenvalue weighted by atomic mass is 16.2. The Morgan fingerprint density at radius 1 is 0.966 bits per heavy atom. The molecule has 1 spiro atoms. The lowest BCUT2D eigenvalue weighted by molar-refractivity contribution is -0.142. The molecule has 0 aromatic heterocycles. The minimum Gasteiger partial charge on any atom is -0.375 e. The van der Waals surface area contributed by atoms with Gasteiger partial charge in [-0.3, -0.25) is 19.7 Å². The molecule has 4 heterocycles. The van der Waals surface area contributed by atoms with Gasteiger partial charge < -0.3 is 15.1 Å². The number of piperidine rings is 3. The maximum Gasteiger partial charge on any atom is 0.249 e. The van der Waals surface area contributed by atoms with Crippen LogP contribution in [0.15, 0.2) is 23.5 Å². The third kappa shape index (κ3) is 3.39. The fourth-order valence-electron chi connectivity index (χ4n) is 5.89. The number of imide groups is 1. The van der Waals surface area contributed by atoms with Gasteiger partial charge in [0.1, 0.15) is 6.04 Å². The van der Waals surface area contributed by atoms with Crippen LogP contribution in [0.5, 0.6) is 0 Å². The SMILES string of the molecule is O=C1CCC(N2C(=O)CC3CC(N4CCC5(CCNCC5)CC4)=CC=C32)C(=O)N1. The zero-order chi connectivity index (χ0) is 20.0. The number of hydrogen-bond acceptors (Lipinski definition) is 5. The molecule has 156 valence electrons. The van der Waals surface area contributed by atoms with Crippen molar-refractivity contribution in [1.29, 1.82) is 0 Å². The number of allylic oxidation sites excluding steroid dienone is 4. The van der Waals surface area contributed by atoms with Crippen molar-refractivity contribution in [3.8, 4) is 0 Å². The van der Waals surface area contributed by atoms with Gasteiger partial charge in [-0.15, -0.1) is 0 Å². The van der Waals surface area contributed by atoms with Crippen LogP contribution in [-0.4, -0.2) is 59.7 Å². The van der Waals surface area contributed by atoms with Crippen molar-refractivity contribution < 1.29 is 14.4 Å². The largest absolute Gasteiger partial charge is 0.375 e. The summed E-state index contributed by atoms with van der Waals surface area (Å²) in [5.74, 6) is -0.416. The number of carbonyl (C=O) groups is 3. The van der Waals surface area contributed by atoms with Crippen LogP contribution in [0.2, 0.25) is 0 Å². The Labute approximate surface area is 171 Å². The van der Waals surface area contributed by atoms with E-state index in [1.54, 1.807) is 4.90 Å². The molecule has 3 amide bonds. The lowest BCUT2D eigenvalue weighted by Gasteiger charge is -2.46. The van der Waals surface area contributed by atoms with Crippen LogP contribution in [0.3, 0.4) is 0 Å². The molecule has 5 aliphatic rings.